The van der Waals surface area contributed by atoms with E-state index >= 15 is 0 Å². The quantitative estimate of drug-likeness (QED) is 0.599. The van der Waals surface area contributed by atoms with Gasteiger partial charge in [0.15, 0.2) is 17.0 Å². The maximum absolute atomic E-state index is 6.07. The summed E-state index contributed by atoms with van der Waals surface area (Å²) in [6.07, 6.45) is 0. The SMILES string of the molecule is CNc1nc(N)c2nc(-c3ccccc3)c(-c3ccccc3)nc2n1. The van der Waals surface area contributed by atoms with E-state index in [1.54, 1.807) is 7.05 Å². The number of rotatable bonds is 3. The third-order valence-electron chi connectivity index (χ3n) is 3.88. The molecule has 6 nitrogen and oxygen atoms in total. The van der Waals surface area contributed by atoms with E-state index in [4.69, 9.17) is 15.7 Å². The van der Waals surface area contributed by atoms with Crippen LogP contribution in [-0.4, -0.2) is 27.0 Å². The molecule has 2 aromatic heterocycles. The largest absolute Gasteiger partial charge is 0.382 e. The summed E-state index contributed by atoms with van der Waals surface area (Å²) in [6, 6.07) is 19.9. The van der Waals surface area contributed by atoms with Gasteiger partial charge in [-0.1, -0.05) is 60.7 Å². The van der Waals surface area contributed by atoms with Gasteiger partial charge in [-0.25, -0.2) is 9.97 Å². The first kappa shape index (κ1) is 15.0. The van der Waals surface area contributed by atoms with E-state index in [2.05, 4.69) is 15.3 Å². The average molecular weight is 328 g/mol. The molecule has 0 aliphatic carbocycles. The third-order valence-corrected chi connectivity index (χ3v) is 3.88. The van der Waals surface area contributed by atoms with Crippen LogP contribution >= 0.6 is 0 Å². The highest BCUT2D eigenvalue weighted by Crippen LogP contribution is 2.31. The normalized spacial score (nSPS) is 10.8. The number of nitrogens with one attached hydrogen (secondary N) is 1. The van der Waals surface area contributed by atoms with E-state index < -0.39 is 0 Å². The molecule has 0 atom stereocenters. The van der Waals surface area contributed by atoms with E-state index in [0.717, 1.165) is 22.5 Å². The molecule has 0 aliphatic rings. The van der Waals surface area contributed by atoms with Crippen LogP contribution in [0.4, 0.5) is 11.8 Å². The molecule has 0 spiro atoms. The topological polar surface area (TPSA) is 89.6 Å². The molecule has 0 aliphatic heterocycles. The van der Waals surface area contributed by atoms with Gasteiger partial charge in [0.05, 0.1) is 11.4 Å². The minimum Gasteiger partial charge on any atom is -0.382 e. The second kappa shape index (κ2) is 6.16. The molecular weight excluding hydrogens is 312 g/mol. The van der Waals surface area contributed by atoms with Crippen LogP contribution in [0.1, 0.15) is 0 Å². The molecule has 0 unspecified atom stereocenters. The minimum atomic E-state index is 0.304. The van der Waals surface area contributed by atoms with Crippen molar-refractivity contribution in [1.82, 2.24) is 19.9 Å². The molecule has 6 heteroatoms. The average Bonchev–Trinajstić information content (AvgIpc) is 2.68. The molecule has 2 aromatic carbocycles. The standard InChI is InChI=1S/C19H16N6/c1-21-19-24-17(20)16-18(25-19)23-15(13-10-6-3-7-11-13)14(22-16)12-8-4-2-5-9-12/h2-11H,1H3,(H3,20,21,23,24,25). The zero-order chi connectivity index (χ0) is 17.2. The second-order valence-corrected chi connectivity index (χ2v) is 5.51. The molecule has 3 N–H and O–H groups in total. The molecule has 0 bridgehead atoms. The van der Waals surface area contributed by atoms with Gasteiger partial charge in [0, 0.05) is 18.2 Å². The zero-order valence-electron chi connectivity index (χ0n) is 13.6. The van der Waals surface area contributed by atoms with Crippen molar-refractivity contribution in [3.8, 4) is 22.5 Å². The molecule has 0 saturated heterocycles. The highest BCUT2D eigenvalue weighted by atomic mass is 15.1. The predicted octanol–water partition coefficient (Wildman–Crippen LogP) is 3.38. The van der Waals surface area contributed by atoms with Crippen molar-refractivity contribution in [2.45, 2.75) is 0 Å². The fourth-order valence-corrected chi connectivity index (χ4v) is 2.68. The Kier molecular flexibility index (Phi) is 3.70. The lowest BCUT2D eigenvalue weighted by atomic mass is 10.0. The van der Waals surface area contributed by atoms with Gasteiger partial charge in [-0.2, -0.15) is 9.97 Å². The lowest BCUT2D eigenvalue weighted by Gasteiger charge is -2.11. The monoisotopic (exact) mass is 328 g/mol. The zero-order valence-corrected chi connectivity index (χ0v) is 13.6. The number of hydrogen-bond acceptors (Lipinski definition) is 6. The Hall–Kier alpha value is -3.54. The maximum atomic E-state index is 6.07. The van der Waals surface area contributed by atoms with Gasteiger partial charge in [-0.3, -0.25) is 0 Å². The molecule has 122 valence electrons. The summed E-state index contributed by atoms with van der Waals surface area (Å²) in [5.41, 5.74) is 10.5. The van der Waals surface area contributed by atoms with Gasteiger partial charge in [-0.15, -0.1) is 0 Å². The first-order valence-electron chi connectivity index (χ1n) is 7.90. The number of hydrogen-bond donors (Lipinski definition) is 2. The van der Waals surface area contributed by atoms with Crippen molar-refractivity contribution in [3.05, 3.63) is 60.7 Å². The van der Waals surface area contributed by atoms with E-state index in [1.165, 1.54) is 0 Å². The Morgan fingerprint density at radius 3 is 1.84 bits per heavy atom. The van der Waals surface area contributed by atoms with E-state index in [0.29, 0.717) is 22.9 Å². The Morgan fingerprint density at radius 1 is 0.720 bits per heavy atom. The van der Waals surface area contributed by atoms with Crippen LogP contribution in [-0.2, 0) is 0 Å². The number of nitrogen functional groups attached to an aromatic ring is 1. The summed E-state index contributed by atoms with van der Waals surface area (Å²) in [5, 5.41) is 2.90. The second-order valence-electron chi connectivity index (χ2n) is 5.51. The Balaban J connectivity index is 2.06. The summed E-state index contributed by atoms with van der Waals surface area (Å²) >= 11 is 0. The number of aromatic nitrogens is 4. The van der Waals surface area contributed by atoms with E-state index in [9.17, 15) is 0 Å². The smallest absolute Gasteiger partial charge is 0.226 e. The minimum absolute atomic E-state index is 0.304. The summed E-state index contributed by atoms with van der Waals surface area (Å²) in [6.45, 7) is 0. The van der Waals surface area contributed by atoms with Crippen LogP contribution in [0, 0.1) is 0 Å². The molecule has 4 aromatic rings. The molecular formula is C19H16N6. The Labute approximate surface area is 144 Å². The van der Waals surface area contributed by atoms with Crippen molar-refractivity contribution >= 4 is 22.9 Å². The van der Waals surface area contributed by atoms with Crippen LogP contribution in [0.2, 0.25) is 0 Å². The number of nitrogens with zero attached hydrogens (tertiary/aromatic N) is 4. The number of nitrogens with two attached hydrogens (primary N) is 1. The van der Waals surface area contributed by atoms with Crippen LogP contribution in [0.3, 0.4) is 0 Å². The van der Waals surface area contributed by atoms with Crippen molar-refractivity contribution in [2.75, 3.05) is 18.1 Å². The van der Waals surface area contributed by atoms with Crippen molar-refractivity contribution in [1.29, 1.82) is 0 Å². The highest BCUT2D eigenvalue weighted by molar-refractivity contribution is 5.89. The van der Waals surface area contributed by atoms with Gasteiger partial charge in [0.25, 0.3) is 0 Å². The lowest BCUT2D eigenvalue weighted by Crippen LogP contribution is -2.05. The van der Waals surface area contributed by atoms with Crippen LogP contribution in [0.15, 0.2) is 60.7 Å². The molecule has 25 heavy (non-hydrogen) atoms. The predicted molar refractivity (Wildman–Crippen MR) is 100.0 cm³/mol. The fourth-order valence-electron chi connectivity index (χ4n) is 2.68. The lowest BCUT2D eigenvalue weighted by molar-refractivity contribution is 1.15. The van der Waals surface area contributed by atoms with Crippen molar-refractivity contribution < 1.29 is 0 Å². The molecule has 0 saturated carbocycles. The van der Waals surface area contributed by atoms with Gasteiger partial charge < -0.3 is 11.1 Å². The molecule has 2 heterocycles. The molecule has 4 rings (SSSR count). The Bertz CT molecular complexity index is 1030. The Morgan fingerprint density at radius 2 is 1.28 bits per heavy atom. The number of benzene rings is 2. The maximum Gasteiger partial charge on any atom is 0.226 e. The number of anilines is 2. The van der Waals surface area contributed by atoms with Gasteiger partial charge in [0.1, 0.15) is 0 Å². The first-order chi connectivity index (χ1) is 12.3. The first-order valence-corrected chi connectivity index (χ1v) is 7.90. The van der Waals surface area contributed by atoms with Crippen LogP contribution in [0.5, 0.6) is 0 Å². The highest BCUT2D eigenvalue weighted by Gasteiger charge is 2.16. The summed E-state index contributed by atoms with van der Waals surface area (Å²) in [7, 11) is 1.74. The van der Waals surface area contributed by atoms with Crippen molar-refractivity contribution in [2.24, 2.45) is 0 Å². The van der Waals surface area contributed by atoms with Gasteiger partial charge in [0.2, 0.25) is 5.95 Å². The van der Waals surface area contributed by atoms with E-state index in [1.807, 2.05) is 60.7 Å². The molecule has 0 fully saturated rings. The summed E-state index contributed by atoms with van der Waals surface area (Å²) in [5.74, 6) is 0.726. The third kappa shape index (κ3) is 2.74. The fraction of sp³-hybridized carbons (Fsp3) is 0.0526. The molecule has 0 amide bonds. The van der Waals surface area contributed by atoms with Crippen molar-refractivity contribution in [3.63, 3.8) is 0 Å². The molecule has 0 radical (unpaired) electrons. The summed E-state index contributed by atoms with van der Waals surface area (Å²) in [4.78, 5) is 18.1. The summed E-state index contributed by atoms with van der Waals surface area (Å²) < 4.78 is 0. The van der Waals surface area contributed by atoms with Gasteiger partial charge >= 0.3 is 0 Å². The van der Waals surface area contributed by atoms with E-state index in [-0.39, 0.29) is 0 Å². The number of fused-ring (bicyclic) bond motifs is 1. The van der Waals surface area contributed by atoms with Crippen LogP contribution in [0.25, 0.3) is 33.7 Å². The van der Waals surface area contributed by atoms with Crippen LogP contribution < -0.4 is 11.1 Å². The van der Waals surface area contributed by atoms with Gasteiger partial charge in [-0.05, 0) is 0 Å².